The van der Waals surface area contributed by atoms with Gasteiger partial charge in [0.05, 0.1) is 10.6 Å². The zero-order valence-electron chi connectivity index (χ0n) is 21.3. The molecule has 38 heavy (non-hydrogen) atoms. The van der Waals surface area contributed by atoms with Crippen LogP contribution in [0.5, 0.6) is 0 Å². The Morgan fingerprint density at radius 2 is 1.61 bits per heavy atom. The summed E-state index contributed by atoms with van der Waals surface area (Å²) in [4.78, 5) is 27.8. The van der Waals surface area contributed by atoms with Crippen molar-refractivity contribution in [2.45, 2.75) is 44.2 Å². The van der Waals surface area contributed by atoms with Crippen LogP contribution >= 0.6 is 11.6 Å². The molecule has 0 unspecified atom stereocenters. The summed E-state index contributed by atoms with van der Waals surface area (Å²) in [6.45, 7) is 3.15. The standard InChI is InChI=1S/C28H31ClFN3O4S/c1-3-4-18-31-28(35)21(2)32(19-22-10-8-9-13-26(22)30)27(34)20-33(24-11-6-5-7-12-24)38(36,37)25-16-14-23(29)15-17-25/h5-17,21H,3-4,18-20H2,1-2H3,(H,31,35)/t21-/m1/s1. The number of hydrogen-bond acceptors (Lipinski definition) is 4. The van der Waals surface area contributed by atoms with E-state index < -0.39 is 40.2 Å². The summed E-state index contributed by atoms with van der Waals surface area (Å²) < 4.78 is 42.9. The van der Waals surface area contributed by atoms with Gasteiger partial charge in [0.2, 0.25) is 11.8 Å². The van der Waals surface area contributed by atoms with Gasteiger partial charge in [0.25, 0.3) is 10.0 Å². The average Bonchev–Trinajstić information content (AvgIpc) is 2.91. The highest BCUT2D eigenvalue weighted by Crippen LogP contribution is 2.25. The number of unbranched alkanes of at least 4 members (excludes halogenated alkanes) is 1. The van der Waals surface area contributed by atoms with Crippen LogP contribution in [0.4, 0.5) is 10.1 Å². The number of carbonyl (C=O) groups excluding carboxylic acids is 2. The lowest BCUT2D eigenvalue weighted by atomic mass is 10.1. The van der Waals surface area contributed by atoms with Gasteiger partial charge in [-0.15, -0.1) is 0 Å². The molecular formula is C28H31ClFN3O4S. The monoisotopic (exact) mass is 559 g/mol. The van der Waals surface area contributed by atoms with E-state index in [1.165, 1.54) is 47.4 Å². The number of rotatable bonds is 12. The summed E-state index contributed by atoms with van der Waals surface area (Å²) >= 11 is 5.95. The molecule has 3 rings (SSSR count). The van der Waals surface area contributed by atoms with E-state index in [4.69, 9.17) is 11.6 Å². The fraction of sp³-hybridized carbons (Fsp3) is 0.286. The number of benzene rings is 3. The fourth-order valence-corrected chi connectivity index (χ4v) is 5.33. The van der Waals surface area contributed by atoms with Crippen LogP contribution in [-0.4, -0.2) is 44.3 Å². The Balaban J connectivity index is 1.98. The van der Waals surface area contributed by atoms with Gasteiger partial charge in [-0.3, -0.25) is 13.9 Å². The first kappa shape index (κ1) is 29.1. The van der Waals surface area contributed by atoms with E-state index in [1.807, 2.05) is 6.92 Å². The van der Waals surface area contributed by atoms with Crippen LogP contribution in [0.15, 0.2) is 83.8 Å². The van der Waals surface area contributed by atoms with Gasteiger partial charge >= 0.3 is 0 Å². The van der Waals surface area contributed by atoms with Crippen molar-refractivity contribution in [1.29, 1.82) is 0 Å². The summed E-state index contributed by atoms with van der Waals surface area (Å²) in [5.74, 6) is -1.60. The average molecular weight is 560 g/mol. The molecular weight excluding hydrogens is 529 g/mol. The molecule has 0 aliphatic carbocycles. The van der Waals surface area contributed by atoms with Gasteiger partial charge in [-0.05, 0) is 55.8 Å². The first-order chi connectivity index (χ1) is 18.1. The maximum absolute atomic E-state index is 14.5. The maximum Gasteiger partial charge on any atom is 0.264 e. The van der Waals surface area contributed by atoms with Gasteiger partial charge in [0.15, 0.2) is 0 Å². The van der Waals surface area contributed by atoms with Crippen molar-refractivity contribution in [3.63, 3.8) is 0 Å². The third kappa shape index (κ3) is 7.33. The Morgan fingerprint density at radius 1 is 0.974 bits per heavy atom. The fourth-order valence-electron chi connectivity index (χ4n) is 3.79. The number of nitrogens with zero attached hydrogens (tertiary/aromatic N) is 2. The van der Waals surface area contributed by atoms with Crippen molar-refractivity contribution in [3.05, 3.63) is 95.3 Å². The maximum atomic E-state index is 14.5. The SMILES string of the molecule is CCCCNC(=O)[C@@H](C)N(Cc1ccccc1F)C(=O)CN(c1ccccc1)S(=O)(=O)c1ccc(Cl)cc1. The smallest absolute Gasteiger partial charge is 0.264 e. The Morgan fingerprint density at radius 3 is 2.24 bits per heavy atom. The van der Waals surface area contributed by atoms with Gasteiger partial charge in [-0.2, -0.15) is 0 Å². The summed E-state index contributed by atoms with van der Waals surface area (Å²) in [7, 11) is -4.19. The number of hydrogen-bond donors (Lipinski definition) is 1. The first-order valence-electron chi connectivity index (χ1n) is 12.3. The zero-order valence-corrected chi connectivity index (χ0v) is 22.9. The lowest BCUT2D eigenvalue weighted by Gasteiger charge is -2.32. The molecule has 1 N–H and O–H groups in total. The third-order valence-corrected chi connectivity index (χ3v) is 8.06. The van der Waals surface area contributed by atoms with Crippen LogP contribution in [0.3, 0.4) is 0 Å². The van der Waals surface area contributed by atoms with Crippen LogP contribution in [0.2, 0.25) is 5.02 Å². The number of carbonyl (C=O) groups is 2. The number of halogens is 2. The highest BCUT2D eigenvalue weighted by atomic mass is 35.5. The quantitative estimate of drug-likeness (QED) is 0.316. The van der Waals surface area contributed by atoms with Crippen LogP contribution in [0.1, 0.15) is 32.3 Å². The molecule has 0 saturated heterocycles. The van der Waals surface area contributed by atoms with E-state index in [0.29, 0.717) is 11.6 Å². The largest absolute Gasteiger partial charge is 0.354 e. The minimum absolute atomic E-state index is 0.0513. The second-order valence-corrected chi connectivity index (χ2v) is 11.0. The van der Waals surface area contributed by atoms with Crippen molar-refractivity contribution >= 4 is 39.1 Å². The molecule has 7 nitrogen and oxygen atoms in total. The lowest BCUT2D eigenvalue weighted by molar-refractivity contribution is -0.139. The number of nitrogens with one attached hydrogen (secondary N) is 1. The Bertz CT molecular complexity index is 1340. The Labute approximate surface area is 228 Å². The van der Waals surface area contributed by atoms with Crippen molar-refractivity contribution in [2.75, 3.05) is 17.4 Å². The van der Waals surface area contributed by atoms with E-state index in [9.17, 15) is 22.4 Å². The summed E-state index contributed by atoms with van der Waals surface area (Å²) in [5.41, 5.74) is 0.475. The van der Waals surface area contributed by atoms with Crippen LogP contribution in [-0.2, 0) is 26.2 Å². The number of anilines is 1. The first-order valence-corrected chi connectivity index (χ1v) is 14.1. The van der Waals surface area contributed by atoms with Crippen LogP contribution in [0, 0.1) is 5.82 Å². The molecule has 3 aromatic carbocycles. The molecule has 0 fully saturated rings. The van der Waals surface area contributed by atoms with Crippen molar-refractivity contribution in [3.8, 4) is 0 Å². The molecule has 0 bridgehead atoms. The van der Waals surface area contributed by atoms with Gasteiger partial charge in [-0.25, -0.2) is 12.8 Å². The Hall–Kier alpha value is -3.43. The molecule has 3 aromatic rings. The summed E-state index contributed by atoms with van der Waals surface area (Å²) in [5, 5.41) is 3.16. The lowest BCUT2D eigenvalue weighted by Crippen LogP contribution is -2.51. The summed E-state index contributed by atoms with van der Waals surface area (Å²) in [6.07, 6.45) is 1.64. The minimum atomic E-state index is -4.19. The van der Waals surface area contributed by atoms with Crippen LogP contribution in [0.25, 0.3) is 0 Å². The minimum Gasteiger partial charge on any atom is -0.354 e. The molecule has 0 heterocycles. The molecule has 0 spiro atoms. The molecule has 0 aromatic heterocycles. The van der Waals surface area contributed by atoms with E-state index in [-0.39, 0.29) is 22.7 Å². The van der Waals surface area contributed by atoms with E-state index in [0.717, 1.165) is 17.1 Å². The van der Waals surface area contributed by atoms with Gasteiger partial charge in [0, 0.05) is 23.7 Å². The second kappa shape index (κ2) is 13.4. The molecule has 0 aliphatic rings. The second-order valence-electron chi connectivity index (χ2n) is 8.73. The highest BCUT2D eigenvalue weighted by molar-refractivity contribution is 7.92. The van der Waals surface area contributed by atoms with E-state index >= 15 is 0 Å². The summed E-state index contributed by atoms with van der Waals surface area (Å²) in [6, 6.07) is 18.8. The predicted octanol–water partition coefficient (Wildman–Crippen LogP) is 5.01. The van der Waals surface area contributed by atoms with E-state index in [2.05, 4.69) is 5.32 Å². The zero-order chi connectivity index (χ0) is 27.7. The highest BCUT2D eigenvalue weighted by Gasteiger charge is 2.32. The van der Waals surface area contributed by atoms with Crippen molar-refractivity contribution in [2.24, 2.45) is 0 Å². The molecule has 1 atom stereocenters. The number of para-hydroxylation sites is 1. The normalized spacial score (nSPS) is 12.0. The number of amides is 2. The van der Waals surface area contributed by atoms with Crippen molar-refractivity contribution < 1.29 is 22.4 Å². The molecule has 0 saturated carbocycles. The topological polar surface area (TPSA) is 86.8 Å². The van der Waals surface area contributed by atoms with Gasteiger partial charge < -0.3 is 10.2 Å². The molecule has 10 heteroatoms. The van der Waals surface area contributed by atoms with Gasteiger partial charge in [0.1, 0.15) is 18.4 Å². The Kier molecular flexibility index (Phi) is 10.3. The molecule has 202 valence electrons. The van der Waals surface area contributed by atoms with Crippen molar-refractivity contribution in [1.82, 2.24) is 10.2 Å². The number of sulfonamides is 1. The molecule has 0 radical (unpaired) electrons. The molecule has 0 aliphatic heterocycles. The predicted molar refractivity (Wildman–Crippen MR) is 147 cm³/mol. The molecule has 2 amide bonds. The van der Waals surface area contributed by atoms with Gasteiger partial charge in [-0.1, -0.05) is 61.3 Å². The third-order valence-electron chi connectivity index (χ3n) is 6.02. The van der Waals surface area contributed by atoms with E-state index in [1.54, 1.807) is 43.3 Å². The van der Waals surface area contributed by atoms with Crippen LogP contribution < -0.4 is 9.62 Å².